The monoisotopic (exact) mass is 401 g/mol. The lowest BCUT2D eigenvalue weighted by Gasteiger charge is -2.11. The van der Waals surface area contributed by atoms with E-state index in [-0.39, 0.29) is 17.7 Å². The third-order valence-electron chi connectivity index (χ3n) is 4.27. The first kappa shape index (κ1) is 19.3. The van der Waals surface area contributed by atoms with Gasteiger partial charge in [-0.2, -0.15) is 9.97 Å². The highest BCUT2D eigenvalue weighted by atomic mass is 16.5. The van der Waals surface area contributed by atoms with E-state index in [2.05, 4.69) is 25.3 Å². The van der Waals surface area contributed by atoms with Gasteiger partial charge >= 0.3 is 0 Å². The number of amides is 1. The standard InChI is InChI=1S/C22H19N5O3/c1-14(28)24-22-26-20-19(21(27-22)30-13-15-6-4-3-5-7-15)25-18(12-23-20)16-8-10-17(29-2)11-9-16/h3-12H,13H2,1-2H3,(H,23,24,26,27,28). The molecule has 0 radical (unpaired) electrons. The molecule has 0 bridgehead atoms. The van der Waals surface area contributed by atoms with Crippen molar-refractivity contribution >= 4 is 23.0 Å². The van der Waals surface area contributed by atoms with Crippen molar-refractivity contribution in [2.75, 3.05) is 12.4 Å². The zero-order chi connectivity index (χ0) is 20.9. The number of benzene rings is 2. The number of carbonyl (C=O) groups is 1. The summed E-state index contributed by atoms with van der Waals surface area (Å²) >= 11 is 0. The number of fused-ring (bicyclic) bond motifs is 1. The first-order chi connectivity index (χ1) is 14.6. The van der Waals surface area contributed by atoms with Crippen molar-refractivity contribution in [3.8, 4) is 22.9 Å². The van der Waals surface area contributed by atoms with Crippen LogP contribution in [0.25, 0.3) is 22.4 Å². The second-order valence-electron chi connectivity index (χ2n) is 6.46. The van der Waals surface area contributed by atoms with Crippen LogP contribution >= 0.6 is 0 Å². The van der Waals surface area contributed by atoms with Gasteiger partial charge in [-0.15, -0.1) is 0 Å². The van der Waals surface area contributed by atoms with Gasteiger partial charge in [-0.1, -0.05) is 30.3 Å². The molecule has 2 heterocycles. The summed E-state index contributed by atoms with van der Waals surface area (Å²) in [6, 6.07) is 17.2. The summed E-state index contributed by atoms with van der Waals surface area (Å²) in [5.74, 6) is 0.828. The molecule has 0 saturated carbocycles. The van der Waals surface area contributed by atoms with Gasteiger partial charge in [0, 0.05) is 12.5 Å². The number of aromatic nitrogens is 4. The topological polar surface area (TPSA) is 99.1 Å². The second kappa shape index (κ2) is 8.52. The predicted octanol–water partition coefficient (Wildman–Crippen LogP) is 3.63. The minimum absolute atomic E-state index is 0.115. The lowest BCUT2D eigenvalue weighted by Crippen LogP contribution is -2.11. The van der Waals surface area contributed by atoms with Gasteiger partial charge in [0.05, 0.1) is 19.0 Å². The Balaban J connectivity index is 1.74. The largest absolute Gasteiger partial charge is 0.497 e. The van der Waals surface area contributed by atoms with E-state index in [0.29, 0.717) is 23.5 Å². The fourth-order valence-electron chi connectivity index (χ4n) is 2.82. The maximum atomic E-state index is 11.5. The van der Waals surface area contributed by atoms with Gasteiger partial charge in [-0.25, -0.2) is 9.97 Å². The van der Waals surface area contributed by atoms with Crippen molar-refractivity contribution in [2.24, 2.45) is 0 Å². The predicted molar refractivity (Wildman–Crippen MR) is 112 cm³/mol. The minimum Gasteiger partial charge on any atom is -0.497 e. The molecule has 1 amide bonds. The molecule has 0 fully saturated rings. The molecule has 2 aromatic carbocycles. The first-order valence-electron chi connectivity index (χ1n) is 9.26. The number of hydrogen-bond acceptors (Lipinski definition) is 7. The van der Waals surface area contributed by atoms with E-state index in [0.717, 1.165) is 16.9 Å². The van der Waals surface area contributed by atoms with Gasteiger partial charge in [-0.3, -0.25) is 10.1 Å². The van der Waals surface area contributed by atoms with E-state index in [4.69, 9.17) is 9.47 Å². The van der Waals surface area contributed by atoms with Crippen molar-refractivity contribution in [1.82, 2.24) is 19.9 Å². The first-order valence-corrected chi connectivity index (χ1v) is 9.26. The number of nitrogens with zero attached hydrogens (tertiary/aromatic N) is 4. The molecule has 4 aromatic rings. The van der Waals surface area contributed by atoms with Crippen LogP contribution in [0, 0.1) is 0 Å². The summed E-state index contributed by atoms with van der Waals surface area (Å²) in [6.07, 6.45) is 1.62. The average Bonchev–Trinajstić information content (AvgIpc) is 2.77. The number of ether oxygens (including phenoxy) is 2. The van der Waals surface area contributed by atoms with Crippen LogP contribution < -0.4 is 14.8 Å². The van der Waals surface area contributed by atoms with Gasteiger partial charge < -0.3 is 9.47 Å². The van der Waals surface area contributed by atoms with E-state index in [1.807, 2.05) is 54.6 Å². The van der Waals surface area contributed by atoms with Crippen molar-refractivity contribution in [3.63, 3.8) is 0 Å². The lowest BCUT2D eigenvalue weighted by molar-refractivity contribution is -0.114. The van der Waals surface area contributed by atoms with Crippen LogP contribution in [0.3, 0.4) is 0 Å². The normalized spacial score (nSPS) is 10.6. The molecule has 30 heavy (non-hydrogen) atoms. The van der Waals surface area contributed by atoms with Crippen LogP contribution in [-0.4, -0.2) is 33.0 Å². The molecule has 4 rings (SSSR count). The van der Waals surface area contributed by atoms with Gasteiger partial charge in [0.2, 0.25) is 17.7 Å². The number of nitrogens with one attached hydrogen (secondary N) is 1. The zero-order valence-corrected chi connectivity index (χ0v) is 16.5. The number of carbonyl (C=O) groups excluding carboxylic acids is 1. The Morgan fingerprint density at radius 3 is 2.47 bits per heavy atom. The SMILES string of the molecule is COc1ccc(-c2cnc3nc(NC(C)=O)nc(OCc4ccccc4)c3n2)cc1. The summed E-state index contributed by atoms with van der Waals surface area (Å²) in [4.78, 5) is 29.1. The van der Waals surface area contributed by atoms with Gasteiger partial charge in [0.25, 0.3) is 0 Å². The Morgan fingerprint density at radius 2 is 1.77 bits per heavy atom. The molecule has 0 aliphatic rings. The summed E-state index contributed by atoms with van der Waals surface area (Å²) in [7, 11) is 1.62. The molecule has 0 unspecified atom stereocenters. The van der Waals surface area contributed by atoms with Crippen LogP contribution in [0.4, 0.5) is 5.95 Å². The van der Waals surface area contributed by atoms with Crippen LogP contribution in [-0.2, 0) is 11.4 Å². The summed E-state index contributed by atoms with van der Waals surface area (Å²) in [6.45, 7) is 1.68. The smallest absolute Gasteiger partial charge is 0.247 e. The summed E-state index contributed by atoms with van der Waals surface area (Å²) in [5.41, 5.74) is 3.22. The van der Waals surface area contributed by atoms with E-state index < -0.39 is 0 Å². The fraction of sp³-hybridized carbons (Fsp3) is 0.136. The quantitative estimate of drug-likeness (QED) is 0.527. The molecule has 8 nitrogen and oxygen atoms in total. The molecular formula is C22H19N5O3. The van der Waals surface area contributed by atoms with Crippen molar-refractivity contribution in [1.29, 1.82) is 0 Å². The van der Waals surface area contributed by atoms with Crippen LogP contribution in [0.2, 0.25) is 0 Å². The Kier molecular flexibility index (Phi) is 5.47. The molecular weight excluding hydrogens is 382 g/mol. The number of rotatable bonds is 6. The Labute approximate surface area is 173 Å². The number of hydrogen-bond donors (Lipinski definition) is 1. The van der Waals surface area contributed by atoms with E-state index in [1.165, 1.54) is 6.92 Å². The Hall–Kier alpha value is -4.07. The minimum atomic E-state index is -0.286. The fourth-order valence-corrected chi connectivity index (χ4v) is 2.82. The molecule has 0 atom stereocenters. The highest BCUT2D eigenvalue weighted by Crippen LogP contribution is 2.26. The van der Waals surface area contributed by atoms with Crippen LogP contribution in [0.5, 0.6) is 11.6 Å². The second-order valence-corrected chi connectivity index (χ2v) is 6.46. The molecule has 0 spiro atoms. The van der Waals surface area contributed by atoms with Crippen LogP contribution in [0.15, 0.2) is 60.8 Å². The Morgan fingerprint density at radius 1 is 1.00 bits per heavy atom. The number of anilines is 1. The van der Waals surface area contributed by atoms with Gasteiger partial charge in [0.15, 0.2) is 11.2 Å². The molecule has 0 aliphatic heterocycles. The molecule has 0 aliphatic carbocycles. The maximum absolute atomic E-state index is 11.5. The van der Waals surface area contributed by atoms with E-state index in [1.54, 1.807) is 13.3 Å². The number of methoxy groups -OCH3 is 1. The third kappa shape index (κ3) is 4.33. The molecule has 1 N–H and O–H groups in total. The zero-order valence-electron chi connectivity index (χ0n) is 16.5. The lowest BCUT2D eigenvalue weighted by atomic mass is 10.1. The van der Waals surface area contributed by atoms with Gasteiger partial charge in [0.1, 0.15) is 12.4 Å². The highest BCUT2D eigenvalue weighted by Gasteiger charge is 2.14. The molecule has 2 aromatic heterocycles. The van der Waals surface area contributed by atoms with Gasteiger partial charge in [-0.05, 0) is 29.8 Å². The van der Waals surface area contributed by atoms with Crippen molar-refractivity contribution in [2.45, 2.75) is 13.5 Å². The van der Waals surface area contributed by atoms with Crippen molar-refractivity contribution in [3.05, 3.63) is 66.4 Å². The molecule has 150 valence electrons. The van der Waals surface area contributed by atoms with E-state index >= 15 is 0 Å². The molecule has 0 saturated heterocycles. The van der Waals surface area contributed by atoms with Crippen LogP contribution in [0.1, 0.15) is 12.5 Å². The summed E-state index contributed by atoms with van der Waals surface area (Å²) < 4.78 is 11.1. The average molecular weight is 401 g/mol. The maximum Gasteiger partial charge on any atom is 0.247 e. The van der Waals surface area contributed by atoms with Crippen molar-refractivity contribution < 1.29 is 14.3 Å². The molecule has 8 heteroatoms. The highest BCUT2D eigenvalue weighted by molar-refractivity contribution is 5.88. The summed E-state index contributed by atoms with van der Waals surface area (Å²) in [5, 5.41) is 2.57. The van der Waals surface area contributed by atoms with E-state index in [9.17, 15) is 4.79 Å². The third-order valence-corrected chi connectivity index (χ3v) is 4.27. The Bertz CT molecular complexity index is 1180.